The number of hydrogen-bond donors (Lipinski definition) is 2. The fourth-order valence-electron chi connectivity index (χ4n) is 4.01. The highest BCUT2D eigenvalue weighted by molar-refractivity contribution is 4.84. The molecular formula is C18H35NO2. The van der Waals surface area contributed by atoms with Crippen LogP contribution in [0.15, 0.2) is 0 Å². The standard InChI is InChI=1S/C18H35NO2/c1-14-6-4-8-17(10-14)21-13-16(20)12-19-15-7-5-9-18(2,3)11-15/h14-17,19-20H,4-13H2,1-3H3. The van der Waals surface area contributed by atoms with Crippen LogP contribution in [-0.4, -0.2) is 36.5 Å². The van der Waals surface area contributed by atoms with Crippen LogP contribution in [-0.2, 0) is 4.74 Å². The van der Waals surface area contributed by atoms with Crippen LogP contribution >= 0.6 is 0 Å². The summed E-state index contributed by atoms with van der Waals surface area (Å²) < 4.78 is 5.91. The van der Waals surface area contributed by atoms with E-state index >= 15 is 0 Å². The SMILES string of the molecule is CC1CCCC(OCC(O)CNC2CCCC(C)(C)C2)C1. The minimum Gasteiger partial charge on any atom is -0.389 e. The molecule has 2 N–H and O–H groups in total. The molecule has 2 fully saturated rings. The predicted octanol–water partition coefficient (Wildman–Crippen LogP) is 3.50. The number of ether oxygens (including phenoxy) is 1. The minimum absolute atomic E-state index is 0.368. The van der Waals surface area contributed by atoms with E-state index < -0.39 is 0 Å². The van der Waals surface area contributed by atoms with Crippen molar-refractivity contribution >= 4 is 0 Å². The second-order valence-corrected chi connectivity index (χ2v) is 8.25. The van der Waals surface area contributed by atoms with Gasteiger partial charge in [-0.1, -0.05) is 40.0 Å². The van der Waals surface area contributed by atoms with Crippen LogP contribution in [0, 0.1) is 11.3 Å². The number of aliphatic hydroxyl groups is 1. The molecule has 4 unspecified atom stereocenters. The molecule has 3 heteroatoms. The molecule has 0 amide bonds. The molecule has 0 aromatic carbocycles. The first-order valence-electron chi connectivity index (χ1n) is 8.98. The highest BCUT2D eigenvalue weighted by Gasteiger charge is 2.28. The first-order chi connectivity index (χ1) is 9.94. The van der Waals surface area contributed by atoms with Gasteiger partial charge in [-0.15, -0.1) is 0 Å². The third kappa shape index (κ3) is 6.25. The molecule has 0 bridgehead atoms. The number of nitrogens with one attached hydrogen (secondary N) is 1. The summed E-state index contributed by atoms with van der Waals surface area (Å²) in [6, 6.07) is 0.568. The molecular weight excluding hydrogens is 262 g/mol. The van der Waals surface area contributed by atoms with E-state index in [1.54, 1.807) is 0 Å². The summed E-state index contributed by atoms with van der Waals surface area (Å²) in [7, 11) is 0. The van der Waals surface area contributed by atoms with E-state index in [-0.39, 0.29) is 6.10 Å². The molecule has 3 nitrogen and oxygen atoms in total. The highest BCUT2D eigenvalue weighted by Crippen LogP contribution is 2.35. The molecule has 124 valence electrons. The lowest BCUT2D eigenvalue weighted by molar-refractivity contribution is -0.0317. The molecule has 4 atom stereocenters. The molecule has 2 saturated carbocycles. The molecule has 0 aromatic heterocycles. The molecule has 0 aromatic rings. The Morgan fingerprint density at radius 3 is 2.76 bits per heavy atom. The quantitative estimate of drug-likeness (QED) is 0.788. The van der Waals surface area contributed by atoms with Gasteiger partial charge in [-0.05, 0) is 43.4 Å². The smallest absolute Gasteiger partial charge is 0.0897 e. The summed E-state index contributed by atoms with van der Waals surface area (Å²) in [6.45, 7) is 8.16. The maximum absolute atomic E-state index is 10.1. The topological polar surface area (TPSA) is 41.5 Å². The van der Waals surface area contributed by atoms with Gasteiger partial charge < -0.3 is 15.2 Å². The molecule has 0 heterocycles. The molecule has 2 rings (SSSR count). The lowest BCUT2D eigenvalue weighted by atomic mass is 9.75. The van der Waals surface area contributed by atoms with E-state index in [9.17, 15) is 5.11 Å². The largest absolute Gasteiger partial charge is 0.389 e. The van der Waals surface area contributed by atoms with Gasteiger partial charge >= 0.3 is 0 Å². The van der Waals surface area contributed by atoms with Crippen molar-refractivity contribution in [2.24, 2.45) is 11.3 Å². The van der Waals surface area contributed by atoms with Crippen molar-refractivity contribution in [1.29, 1.82) is 0 Å². The van der Waals surface area contributed by atoms with Crippen LogP contribution < -0.4 is 5.32 Å². The Bertz CT molecular complexity index is 306. The predicted molar refractivity (Wildman–Crippen MR) is 87.4 cm³/mol. The van der Waals surface area contributed by atoms with Crippen molar-refractivity contribution in [3.8, 4) is 0 Å². The van der Waals surface area contributed by atoms with Gasteiger partial charge in [-0.25, -0.2) is 0 Å². The summed E-state index contributed by atoms with van der Waals surface area (Å²) in [5.41, 5.74) is 0.454. The Morgan fingerprint density at radius 1 is 1.24 bits per heavy atom. The van der Waals surface area contributed by atoms with Gasteiger partial charge in [0.1, 0.15) is 0 Å². The Kier molecular flexibility index (Phi) is 6.51. The first kappa shape index (κ1) is 17.2. The third-order valence-corrected chi connectivity index (χ3v) is 5.26. The molecule has 0 spiro atoms. The number of hydrogen-bond acceptors (Lipinski definition) is 3. The zero-order valence-electron chi connectivity index (χ0n) is 14.2. The summed E-state index contributed by atoms with van der Waals surface area (Å²) in [4.78, 5) is 0. The van der Waals surface area contributed by atoms with Gasteiger partial charge in [0.2, 0.25) is 0 Å². The van der Waals surface area contributed by atoms with Gasteiger partial charge in [0.15, 0.2) is 0 Å². The fourth-order valence-corrected chi connectivity index (χ4v) is 4.01. The maximum atomic E-state index is 10.1. The van der Waals surface area contributed by atoms with Crippen molar-refractivity contribution in [3.05, 3.63) is 0 Å². The zero-order valence-corrected chi connectivity index (χ0v) is 14.2. The average molecular weight is 297 g/mol. The molecule has 0 saturated heterocycles. The van der Waals surface area contributed by atoms with E-state index in [1.807, 2.05) is 0 Å². The van der Waals surface area contributed by atoms with Crippen LogP contribution in [0.5, 0.6) is 0 Å². The number of rotatable bonds is 6. The van der Waals surface area contributed by atoms with Crippen LogP contribution in [0.25, 0.3) is 0 Å². The molecule has 0 aliphatic heterocycles. The summed E-state index contributed by atoms with van der Waals surface area (Å²) >= 11 is 0. The molecule has 21 heavy (non-hydrogen) atoms. The Morgan fingerprint density at radius 2 is 2.05 bits per heavy atom. The van der Waals surface area contributed by atoms with Gasteiger partial charge in [-0.3, -0.25) is 0 Å². The van der Waals surface area contributed by atoms with Crippen LogP contribution in [0.4, 0.5) is 0 Å². The highest BCUT2D eigenvalue weighted by atomic mass is 16.5. The van der Waals surface area contributed by atoms with Crippen LogP contribution in [0.2, 0.25) is 0 Å². The minimum atomic E-state index is -0.368. The summed E-state index contributed by atoms with van der Waals surface area (Å²) in [5, 5.41) is 13.7. The van der Waals surface area contributed by atoms with Crippen molar-refractivity contribution in [1.82, 2.24) is 5.32 Å². The lowest BCUT2D eigenvalue weighted by Gasteiger charge is -2.36. The summed E-state index contributed by atoms with van der Waals surface area (Å²) in [5.74, 6) is 0.781. The van der Waals surface area contributed by atoms with Gasteiger partial charge in [0.25, 0.3) is 0 Å². The molecule has 2 aliphatic carbocycles. The van der Waals surface area contributed by atoms with Crippen molar-refractivity contribution in [2.75, 3.05) is 13.2 Å². The van der Waals surface area contributed by atoms with E-state index in [2.05, 4.69) is 26.1 Å². The lowest BCUT2D eigenvalue weighted by Crippen LogP contribution is -2.42. The molecule has 2 aliphatic rings. The van der Waals surface area contributed by atoms with Crippen LogP contribution in [0.3, 0.4) is 0 Å². The Balaban J connectivity index is 1.60. The molecule has 0 radical (unpaired) electrons. The Hall–Kier alpha value is -0.120. The summed E-state index contributed by atoms with van der Waals surface area (Å²) in [6.07, 6.45) is 10.0. The van der Waals surface area contributed by atoms with E-state index in [4.69, 9.17) is 4.74 Å². The Labute approximate surface area is 130 Å². The van der Waals surface area contributed by atoms with Crippen molar-refractivity contribution in [2.45, 2.75) is 90.4 Å². The first-order valence-corrected chi connectivity index (χ1v) is 8.98. The fraction of sp³-hybridized carbons (Fsp3) is 1.00. The average Bonchev–Trinajstić information content (AvgIpc) is 2.42. The normalized spacial score (nSPS) is 34.6. The van der Waals surface area contributed by atoms with E-state index in [0.717, 1.165) is 12.3 Å². The van der Waals surface area contributed by atoms with Gasteiger partial charge in [0, 0.05) is 12.6 Å². The zero-order chi connectivity index (χ0) is 15.3. The second kappa shape index (κ2) is 7.94. The van der Waals surface area contributed by atoms with E-state index in [0.29, 0.717) is 30.7 Å². The number of aliphatic hydroxyl groups excluding tert-OH is 1. The van der Waals surface area contributed by atoms with Gasteiger partial charge in [0.05, 0.1) is 18.8 Å². The van der Waals surface area contributed by atoms with E-state index in [1.165, 1.54) is 44.9 Å². The third-order valence-electron chi connectivity index (χ3n) is 5.26. The maximum Gasteiger partial charge on any atom is 0.0897 e. The monoisotopic (exact) mass is 297 g/mol. The van der Waals surface area contributed by atoms with Crippen molar-refractivity contribution in [3.63, 3.8) is 0 Å². The van der Waals surface area contributed by atoms with Crippen molar-refractivity contribution < 1.29 is 9.84 Å². The van der Waals surface area contributed by atoms with Gasteiger partial charge in [-0.2, -0.15) is 0 Å². The second-order valence-electron chi connectivity index (χ2n) is 8.25. The van der Waals surface area contributed by atoms with Crippen LogP contribution in [0.1, 0.15) is 72.1 Å².